The van der Waals surface area contributed by atoms with E-state index in [1.165, 1.54) is 25.7 Å². The van der Waals surface area contributed by atoms with Crippen LogP contribution in [0, 0.1) is 22.7 Å². The molecule has 0 bridgehead atoms. The van der Waals surface area contributed by atoms with E-state index in [-0.39, 0.29) is 31.5 Å². The number of unbranched alkanes of at least 4 members (excludes halogenated alkanes) is 2. The van der Waals surface area contributed by atoms with E-state index in [9.17, 15) is 18.9 Å². The Balaban J connectivity index is 1.74. The average Bonchev–Trinajstić information content (AvgIpc) is 3.19. The van der Waals surface area contributed by atoms with Gasteiger partial charge in [0, 0.05) is 24.8 Å². The fraction of sp³-hybridized carbons (Fsp3) is 0.893. The largest absolute Gasteiger partial charge is 0.478 e. The Morgan fingerprint density at radius 2 is 1.79 bits per heavy atom. The highest BCUT2D eigenvalue weighted by Gasteiger charge is 2.49. The number of ketones is 1. The lowest BCUT2D eigenvalue weighted by atomic mass is 9.83. The predicted octanol–water partition coefficient (Wildman–Crippen LogP) is 5.58. The maximum atomic E-state index is 12.9. The van der Waals surface area contributed by atoms with Gasteiger partial charge in [-0.1, -0.05) is 40.0 Å². The molecule has 2 aliphatic heterocycles. The second kappa shape index (κ2) is 15.1. The smallest absolute Gasteiger partial charge is 0.437 e. The van der Waals surface area contributed by atoms with Gasteiger partial charge < -0.3 is 14.8 Å². The first kappa shape index (κ1) is 33.9. The van der Waals surface area contributed by atoms with Gasteiger partial charge >= 0.3 is 13.8 Å². The lowest BCUT2D eigenvalue weighted by molar-refractivity contribution is -0.163. The van der Waals surface area contributed by atoms with E-state index in [2.05, 4.69) is 19.2 Å². The van der Waals surface area contributed by atoms with Crippen LogP contribution in [-0.2, 0) is 42.0 Å². The molecule has 2 aliphatic rings. The van der Waals surface area contributed by atoms with Crippen LogP contribution in [0.5, 0.6) is 0 Å². The fourth-order valence-corrected chi connectivity index (χ4v) is 6.37. The molecule has 0 aliphatic carbocycles. The Morgan fingerprint density at radius 1 is 1.08 bits per heavy atom. The van der Waals surface area contributed by atoms with E-state index >= 15 is 0 Å². The Bertz CT molecular complexity index is 870. The minimum atomic E-state index is -4.12. The number of esters is 1. The second-order valence-electron chi connectivity index (χ2n) is 12.6. The molecule has 226 valence electrons. The summed E-state index contributed by atoms with van der Waals surface area (Å²) in [6.45, 7) is 13.1. The normalized spacial score (nSPS) is 28.7. The summed E-state index contributed by atoms with van der Waals surface area (Å²) < 4.78 is 39.6. The predicted molar refractivity (Wildman–Crippen MR) is 147 cm³/mol. The van der Waals surface area contributed by atoms with Crippen LogP contribution in [0.3, 0.4) is 0 Å². The number of ether oxygens (including phenoxy) is 2. The highest BCUT2D eigenvalue weighted by Crippen LogP contribution is 2.57. The van der Waals surface area contributed by atoms with E-state index in [4.69, 9.17) is 23.0 Å². The first-order valence-electron chi connectivity index (χ1n) is 14.3. The number of carbonyl (C=O) groups excluding carboxylic acids is 3. The van der Waals surface area contributed by atoms with Crippen LogP contribution in [0.25, 0.3) is 0 Å². The summed E-state index contributed by atoms with van der Waals surface area (Å²) in [4.78, 5) is 37.2. The van der Waals surface area contributed by atoms with Gasteiger partial charge in [0.05, 0.1) is 24.7 Å². The number of nitrogens with one attached hydrogen (secondary N) is 1. The number of hydrogen-bond acceptors (Lipinski definition) is 9. The van der Waals surface area contributed by atoms with Crippen LogP contribution in [0.15, 0.2) is 0 Å². The molecular formula is C28H50NO9P. The third-order valence-electron chi connectivity index (χ3n) is 7.45. The van der Waals surface area contributed by atoms with Crippen LogP contribution in [0.4, 0.5) is 0 Å². The molecule has 39 heavy (non-hydrogen) atoms. The Labute approximate surface area is 234 Å². The number of hydrogen-bond donors (Lipinski definition) is 1. The molecule has 2 fully saturated rings. The Morgan fingerprint density at radius 3 is 2.46 bits per heavy atom. The minimum absolute atomic E-state index is 0.0581. The molecule has 2 rings (SSSR count). The summed E-state index contributed by atoms with van der Waals surface area (Å²) in [6.07, 6.45) is 6.49. The topological polar surface area (TPSA) is 126 Å². The van der Waals surface area contributed by atoms with Crippen molar-refractivity contribution in [3.05, 3.63) is 0 Å². The van der Waals surface area contributed by atoms with Crippen molar-refractivity contribution in [3.63, 3.8) is 0 Å². The molecule has 1 amide bonds. The van der Waals surface area contributed by atoms with Gasteiger partial charge in [-0.15, -0.1) is 0 Å². The molecule has 0 radical (unpaired) electrons. The van der Waals surface area contributed by atoms with Crippen molar-refractivity contribution in [3.8, 4) is 0 Å². The van der Waals surface area contributed by atoms with Crippen LogP contribution in [0.1, 0.15) is 99.8 Å². The SMILES string of the molecule is CCCCCC1C(CCCC(=O)CCNC(=O)[C@@H]2OP(=O)(OCOC(=O)C(C)(C)C)OCC2(C)C)COC1C. The monoisotopic (exact) mass is 575 g/mol. The molecular weight excluding hydrogens is 525 g/mol. The zero-order chi connectivity index (χ0) is 29.3. The van der Waals surface area contributed by atoms with E-state index in [1.807, 2.05) is 0 Å². The first-order valence-corrected chi connectivity index (χ1v) is 15.8. The van der Waals surface area contributed by atoms with E-state index in [0.29, 0.717) is 18.3 Å². The molecule has 5 atom stereocenters. The zero-order valence-electron chi connectivity index (χ0n) is 24.9. The van der Waals surface area contributed by atoms with E-state index in [0.717, 1.165) is 19.4 Å². The number of phosphoric acid groups is 1. The number of phosphoric ester groups is 1. The summed E-state index contributed by atoms with van der Waals surface area (Å²) >= 11 is 0. The third-order valence-corrected chi connectivity index (χ3v) is 8.78. The van der Waals surface area contributed by atoms with Gasteiger partial charge in [-0.3, -0.25) is 23.4 Å². The Hall–Kier alpha value is -1.32. The van der Waals surface area contributed by atoms with Crippen molar-refractivity contribution >= 4 is 25.5 Å². The average molecular weight is 576 g/mol. The molecule has 0 saturated carbocycles. The standard InChI is InChI=1S/C28H50NO9P/c1-8-9-10-14-23-20(2)34-17-21(23)12-11-13-22(30)15-16-29-25(31)24-28(6,7)18-36-39(33,38-24)37-19-35-26(32)27(3,4)5/h20-21,23-24H,8-19H2,1-7H3,(H,29,31)/t20?,21?,23?,24-,39?/m0/s1. The van der Waals surface area contributed by atoms with E-state index < -0.39 is 43.4 Å². The maximum absolute atomic E-state index is 12.9. The number of amides is 1. The zero-order valence-corrected chi connectivity index (χ0v) is 25.8. The summed E-state index contributed by atoms with van der Waals surface area (Å²) in [6, 6.07) is 0. The van der Waals surface area contributed by atoms with Gasteiger partial charge in [0.2, 0.25) is 12.7 Å². The lowest BCUT2D eigenvalue weighted by Crippen LogP contribution is -2.50. The fourth-order valence-electron chi connectivity index (χ4n) is 4.86. The summed E-state index contributed by atoms with van der Waals surface area (Å²) in [5.41, 5.74) is -1.55. The van der Waals surface area contributed by atoms with Gasteiger partial charge in [-0.2, -0.15) is 0 Å². The van der Waals surface area contributed by atoms with Crippen LogP contribution in [0.2, 0.25) is 0 Å². The molecule has 2 saturated heterocycles. The number of Topliss-reactive ketones (excluding diaryl/α,β-unsaturated/α-hetero) is 1. The van der Waals surface area contributed by atoms with Gasteiger partial charge in [0.25, 0.3) is 0 Å². The van der Waals surface area contributed by atoms with Crippen LogP contribution >= 0.6 is 7.82 Å². The lowest BCUT2D eigenvalue weighted by Gasteiger charge is -2.39. The number of rotatable bonds is 15. The van der Waals surface area contributed by atoms with E-state index in [1.54, 1.807) is 34.6 Å². The van der Waals surface area contributed by atoms with Crippen molar-refractivity contribution in [2.75, 3.05) is 26.6 Å². The highest BCUT2D eigenvalue weighted by atomic mass is 31.2. The van der Waals surface area contributed by atoms with Crippen LogP contribution < -0.4 is 5.32 Å². The molecule has 1 N–H and O–H groups in total. The van der Waals surface area contributed by atoms with Crippen LogP contribution in [-0.4, -0.2) is 56.4 Å². The molecule has 4 unspecified atom stereocenters. The molecule has 11 heteroatoms. The van der Waals surface area contributed by atoms with Crippen molar-refractivity contribution in [2.24, 2.45) is 22.7 Å². The van der Waals surface area contributed by atoms with Gasteiger partial charge in [-0.25, -0.2) is 9.09 Å². The Kier molecular flexibility index (Phi) is 13.1. The van der Waals surface area contributed by atoms with Gasteiger partial charge in [0.15, 0.2) is 6.10 Å². The molecule has 0 aromatic heterocycles. The quantitative estimate of drug-likeness (QED) is 0.115. The van der Waals surface area contributed by atoms with Crippen molar-refractivity contribution < 1.29 is 42.0 Å². The molecule has 0 aromatic rings. The molecule has 0 aromatic carbocycles. The molecule has 2 heterocycles. The molecule has 10 nitrogen and oxygen atoms in total. The van der Waals surface area contributed by atoms with Gasteiger partial charge in [-0.05, 0) is 58.8 Å². The molecule has 0 spiro atoms. The third kappa shape index (κ3) is 10.9. The minimum Gasteiger partial charge on any atom is -0.437 e. The number of carbonyl (C=O) groups is 3. The first-order chi connectivity index (χ1) is 18.2. The van der Waals surface area contributed by atoms with Crippen molar-refractivity contribution in [2.45, 2.75) is 112 Å². The summed E-state index contributed by atoms with van der Waals surface area (Å²) in [5.74, 6) is 0.125. The maximum Gasteiger partial charge on any atom is 0.478 e. The highest BCUT2D eigenvalue weighted by molar-refractivity contribution is 7.48. The second-order valence-corrected chi connectivity index (χ2v) is 14.2. The summed E-state index contributed by atoms with van der Waals surface area (Å²) in [5, 5.41) is 2.72. The van der Waals surface area contributed by atoms with Gasteiger partial charge in [0.1, 0.15) is 5.78 Å². The van der Waals surface area contributed by atoms with Crippen molar-refractivity contribution in [1.82, 2.24) is 5.32 Å². The van der Waals surface area contributed by atoms with Crippen molar-refractivity contribution in [1.29, 1.82) is 0 Å². The summed E-state index contributed by atoms with van der Waals surface area (Å²) in [7, 11) is -4.12.